The highest BCUT2D eigenvalue weighted by atomic mass is 19.1. The van der Waals surface area contributed by atoms with Crippen molar-refractivity contribution in [1.82, 2.24) is 5.16 Å². The third kappa shape index (κ3) is 2.04. The van der Waals surface area contributed by atoms with Crippen LogP contribution in [0.3, 0.4) is 0 Å². The highest BCUT2D eigenvalue weighted by molar-refractivity contribution is 5.61. The normalized spacial score (nSPS) is 10.6. The minimum atomic E-state index is -0.379. The van der Waals surface area contributed by atoms with E-state index in [1.54, 1.807) is 19.2 Å². The second kappa shape index (κ2) is 4.32. The van der Waals surface area contributed by atoms with Gasteiger partial charge in [-0.05, 0) is 17.7 Å². The molecule has 0 unspecified atom stereocenters. The Morgan fingerprint density at radius 3 is 2.88 bits per heavy atom. The van der Waals surface area contributed by atoms with E-state index in [4.69, 9.17) is 15.0 Å². The van der Waals surface area contributed by atoms with Crippen LogP contribution in [0.1, 0.15) is 5.56 Å². The summed E-state index contributed by atoms with van der Waals surface area (Å²) < 4.78 is 23.4. The number of anilines is 1. The van der Waals surface area contributed by atoms with Crippen LogP contribution in [-0.2, 0) is 11.3 Å². The standard InChI is InChI=1S/C11H11FN2O2/c1-15-6-7-2-3-9(12)8(4-7)10-5-11(13)14-16-10/h2-5H,6H2,1H3,(H2,13,14). The largest absolute Gasteiger partial charge is 0.381 e. The molecule has 0 radical (unpaired) electrons. The lowest BCUT2D eigenvalue weighted by molar-refractivity contribution is 0.185. The maximum atomic E-state index is 13.5. The maximum Gasteiger partial charge on any atom is 0.172 e. The number of rotatable bonds is 3. The molecule has 0 spiro atoms. The van der Waals surface area contributed by atoms with Gasteiger partial charge < -0.3 is 15.0 Å². The Morgan fingerprint density at radius 2 is 2.25 bits per heavy atom. The van der Waals surface area contributed by atoms with Gasteiger partial charge in [0.25, 0.3) is 0 Å². The highest BCUT2D eigenvalue weighted by Gasteiger charge is 2.11. The van der Waals surface area contributed by atoms with E-state index < -0.39 is 0 Å². The number of ether oxygens (including phenoxy) is 1. The van der Waals surface area contributed by atoms with E-state index in [-0.39, 0.29) is 11.6 Å². The number of benzene rings is 1. The fourth-order valence-electron chi connectivity index (χ4n) is 1.43. The summed E-state index contributed by atoms with van der Waals surface area (Å²) in [6.45, 7) is 0.414. The van der Waals surface area contributed by atoms with Gasteiger partial charge in [-0.15, -0.1) is 0 Å². The predicted molar refractivity (Wildman–Crippen MR) is 57.0 cm³/mol. The number of hydrogen-bond acceptors (Lipinski definition) is 4. The van der Waals surface area contributed by atoms with Crippen LogP contribution < -0.4 is 5.73 Å². The van der Waals surface area contributed by atoms with Crippen LogP contribution in [0.15, 0.2) is 28.8 Å². The predicted octanol–water partition coefficient (Wildman–Crippen LogP) is 2.21. The molecule has 0 amide bonds. The molecule has 0 atom stereocenters. The molecule has 5 heteroatoms. The quantitative estimate of drug-likeness (QED) is 0.864. The Bertz CT molecular complexity index is 496. The van der Waals surface area contributed by atoms with Gasteiger partial charge in [0.05, 0.1) is 12.2 Å². The molecule has 0 fully saturated rings. The highest BCUT2D eigenvalue weighted by Crippen LogP contribution is 2.25. The first kappa shape index (κ1) is 10.6. The Labute approximate surface area is 91.8 Å². The molecule has 1 aromatic carbocycles. The van der Waals surface area contributed by atoms with Crippen molar-refractivity contribution in [3.05, 3.63) is 35.6 Å². The van der Waals surface area contributed by atoms with Crippen LogP contribution in [-0.4, -0.2) is 12.3 Å². The lowest BCUT2D eigenvalue weighted by Gasteiger charge is -2.03. The van der Waals surface area contributed by atoms with Gasteiger partial charge in [-0.2, -0.15) is 0 Å². The zero-order valence-electron chi connectivity index (χ0n) is 8.74. The van der Waals surface area contributed by atoms with Crippen LogP contribution in [0.2, 0.25) is 0 Å². The van der Waals surface area contributed by atoms with E-state index in [1.165, 1.54) is 12.1 Å². The fourth-order valence-corrected chi connectivity index (χ4v) is 1.43. The summed E-state index contributed by atoms with van der Waals surface area (Å²) >= 11 is 0. The molecular weight excluding hydrogens is 211 g/mol. The van der Waals surface area contributed by atoms with Gasteiger partial charge in [-0.25, -0.2) is 4.39 Å². The van der Waals surface area contributed by atoms with Gasteiger partial charge >= 0.3 is 0 Å². The monoisotopic (exact) mass is 222 g/mol. The summed E-state index contributed by atoms with van der Waals surface area (Å²) in [5.74, 6) is 0.163. The molecule has 2 aromatic rings. The van der Waals surface area contributed by atoms with Gasteiger partial charge in [-0.1, -0.05) is 11.2 Å². The van der Waals surface area contributed by atoms with Gasteiger partial charge in [0.1, 0.15) is 5.82 Å². The van der Waals surface area contributed by atoms with Crippen LogP contribution in [0, 0.1) is 5.82 Å². The van der Waals surface area contributed by atoms with Crippen LogP contribution in [0.5, 0.6) is 0 Å². The van der Waals surface area contributed by atoms with Crippen molar-refractivity contribution >= 4 is 5.82 Å². The van der Waals surface area contributed by atoms with Gasteiger partial charge in [0.15, 0.2) is 11.6 Å². The average Bonchev–Trinajstić information content (AvgIpc) is 2.68. The van der Waals surface area contributed by atoms with E-state index >= 15 is 0 Å². The maximum absolute atomic E-state index is 13.5. The minimum absolute atomic E-state index is 0.228. The van der Waals surface area contributed by atoms with Crippen molar-refractivity contribution in [3.8, 4) is 11.3 Å². The van der Waals surface area contributed by atoms with Crippen molar-refractivity contribution in [2.75, 3.05) is 12.8 Å². The Balaban J connectivity index is 2.42. The number of hydrogen-bond donors (Lipinski definition) is 1. The molecule has 1 heterocycles. The molecular formula is C11H11FN2O2. The smallest absolute Gasteiger partial charge is 0.172 e. The summed E-state index contributed by atoms with van der Waals surface area (Å²) in [6, 6.07) is 6.15. The number of aromatic nitrogens is 1. The minimum Gasteiger partial charge on any atom is -0.381 e. The molecule has 84 valence electrons. The van der Waals surface area contributed by atoms with Gasteiger partial charge in [0.2, 0.25) is 0 Å². The number of methoxy groups -OCH3 is 1. The molecule has 0 aliphatic heterocycles. The van der Waals surface area contributed by atoms with Crippen molar-refractivity contribution in [3.63, 3.8) is 0 Å². The summed E-state index contributed by atoms with van der Waals surface area (Å²) in [5, 5.41) is 3.51. The Hall–Kier alpha value is -1.88. The average molecular weight is 222 g/mol. The molecule has 2 rings (SSSR count). The van der Waals surface area contributed by atoms with E-state index in [0.29, 0.717) is 17.9 Å². The first-order valence-electron chi connectivity index (χ1n) is 4.70. The zero-order chi connectivity index (χ0) is 11.5. The van der Waals surface area contributed by atoms with Crippen LogP contribution in [0.25, 0.3) is 11.3 Å². The van der Waals surface area contributed by atoms with Crippen molar-refractivity contribution in [2.24, 2.45) is 0 Å². The van der Waals surface area contributed by atoms with E-state index in [9.17, 15) is 4.39 Å². The van der Waals surface area contributed by atoms with E-state index in [1.807, 2.05) is 0 Å². The second-order valence-corrected chi connectivity index (χ2v) is 3.36. The molecule has 16 heavy (non-hydrogen) atoms. The van der Waals surface area contributed by atoms with Crippen molar-refractivity contribution in [2.45, 2.75) is 6.61 Å². The molecule has 0 saturated heterocycles. The summed E-state index contributed by atoms with van der Waals surface area (Å²) in [6.07, 6.45) is 0. The fraction of sp³-hybridized carbons (Fsp3) is 0.182. The first-order chi connectivity index (χ1) is 7.70. The second-order valence-electron chi connectivity index (χ2n) is 3.36. The molecule has 2 N–H and O–H groups in total. The topological polar surface area (TPSA) is 61.3 Å². The van der Waals surface area contributed by atoms with Gasteiger partial charge in [-0.3, -0.25) is 0 Å². The number of nitrogens with zero attached hydrogens (tertiary/aromatic N) is 1. The molecule has 0 saturated carbocycles. The third-order valence-electron chi connectivity index (χ3n) is 2.14. The van der Waals surface area contributed by atoms with Crippen LogP contribution >= 0.6 is 0 Å². The molecule has 0 aliphatic rings. The zero-order valence-corrected chi connectivity index (χ0v) is 8.74. The Kier molecular flexibility index (Phi) is 2.87. The van der Waals surface area contributed by atoms with E-state index in [0.717, 1.165) is 5.56 Å². The number of nitrogens with two attached hydrogens (primary N) is 1. The lowest BCUT2D eigenvalue weighted by atomic mass is 10.1. The first-order valence-corrected chi connectivity index (χ1v) is 4.70. The molecule has 4 nitrogen and oxygen atoms in total. The third-order valence-corrected chi connectivity index (χ3v) is 2.14. The van der Waals surface area contributed by atoms with Gasteiger partial charge in [0, 0.05) is 13.2 Å². The molecule has 0 aliphatic carbocycles. The summed E-state index contributed by atoms with van der Waals surface area (Å²) in [4.78, 5) is 0. The SMILES string of the molecule is COCc1ccc(F)c(-c2cc(N)no2)c1. The van der Waals surface area contributed by atoms with Crippen LogP contribution in [0.4, 0.5) is 10.2 Å². The molecule has 1 aromatic heterocycles. The van der Waals surface area contributed by atoms with Crippen molar-refractivity contribution in [1.29, 1.82) is 0 Å². The summed E-state index contributed by atoms with van der Waals surface area (Å²) in [5.41, 5.74) is 6.60. The Morgan fingerprint density at radius 1 is 1.44 bits per heavy atom. The van der Waals surface area contributed by atoms with Crippen molar-refractivity contribution < 1.29 is 13.7 Å². The molecule has 0 bridgehead atoms. The lowest BCUT2D eigenvalue weighted by Crippen LogP contribution is -1.90. The number of halogens is 1. The summed E-state index contributed by atoms with van der Waals surface area (Å²) in [7, 11) is 1.58. The van der Waals surface area contributed by atoms with E-state index in [2.05, 4.69) is 5.16 Å². The number of nitrogen functional groups attached to an aromatic ring is 1.